The van der Waals surface area contributed by atoms with Gasteiger partial charge < -0.3 is 0 Å². The third kappa shape index (κ3) is 5.38. The van der Waals surface area contributed by atoms with Gasteiger partial charge in [-0.05, 0) is 24.1 Å². The van der Waals surface area contributed by atoms with Gasteiger partial charge in [-0.3, -0.25) is 4.72 Å². The van der Waals surface area contributed by atoms with Crippen LogP contribution in [0.3, 0.4) is 0 Å². The van der Waals surface area contributed by atoms with Crippen molar-refractivity contribution in [3.63, 3.8) is 0 Å². The molecular weight excluding hydrogens is 310 g/mol. The molecule has 1 N–H and O–H groups in total. The van der Waals surface area contributed by atoms with Gasteiger partial charge in [-0.2, -0.15) is 0 Å². The average molecular weight is 326 g/mol. The quantitative estimate of drug-likeness (QED) is 0.807. The van der Waals surface area contributed by atoms with Gasteiger partial charge in [0.1, 0.15) is 0 Å². The van der Waals surface area contributed by atoms with E-state index >= 15 is 0 Å². The molecule has 0 heterocycles. The van der Waals surface area contributed by atoms with Crippen LogP contribution in [0.5, 0.6) is 0 Å². The molecular formula is C11H16ClNO4S2. The molecule has 0 aromatic heterocycles. The van der Waals surface area contributed by atoms with Crippen molar-refractivity contribution in [1.29, 1.82) is 0 Å². The van der Waals surface area contributed by atoms with Crippen LogP contribution >= 0.6 is 11.6 Å². The Morgan fingerprint density at radius 2 is 1.89 bits per heavy atom. The fourth-order valence-corrected chi connectivity index (χ4v) is 3.77. The Labute approximate surface area is 118 Å². The summed E-state index contributed by atoms with van der Waals surface area (Å²) in [4.78, 5) is 0.0677. The number of halogens is 1. The number of anilines is 1. The van der Waals surface area contributed by atoms with Crippen LogP contribution in [0.15, 0.2) is 29.2 Å². The van der Waals surface area contributed by atoms with Crippen LogP contribution in [0.1, 0.15) is 6.92 Å². The van der Waals surface area contributed by atoms with E-state index in [9.17, 15) is 16.8 Å². The molecule has 0 fully saturated rings. The van der Waals surface area contributed by atoms with Crippen molar-refractivity contribution < 1.29 is 16.8 Å². The zero-order valence-electron chi connectivity index (χ0n) is 10.6. The Bertz CT molecular complexity index is 640. The topological polar surface area (TPSA) is 80.3 Å². The molecule has 1 unspecified atom stereocenters. The standard InChI is InChI=1S/C11H16ClNO4S2/c1-9(7-12)8-19(16,17)13-10-4-3-5-11(6-10)18(2,14)15/h3-6,9,13H,7-8H2,1-2H3. The van der Waals surface area contributed by atoms with Gasteiger partial charge in [0.15, 0.2) is 9.84 Å². The zero-order chi connectivity index (χ0) is 14.7. The minimum Gasteiger partial charge on any atom is -0.284 e. The zero-order valence-corrected chi connectivity index (χ0v) is 13.0. The first-order valence-electron chi connectivity index (χ1n) is 5.50. The van der Waals surface area contributed by atoms with Crippen molar-refractivity contribution in [2.24, 2.45) is 5.92 Å². The minimum absolute atomic E-state index is 0.0677. The van der Waals surface area contributed by atoms with Crippen LogP contribution in [0.2, 0.25) is 0 Å². The van der Waals surface area contributed by atoms with E-state index in [1.807, 2.05) is 0 Å². The molecule has 1 aromatic rings. The summed E-state index contributed by atoms with van der Waals surface area (Å²) in [6.07, 6.45) is 1.07. The summed E-state index contributed by atoms with van der Waals surface area (Å²) in [7, 11) is -6.90. The monoisotopic (exact) mass is 325 g/mol. The van der Waals surface area contributed by atoms with Gasteiger partial charge >= 0.3 is 0 Å². The number of sulfonamides is 1. The SMILES string of the molecule is CC(CCl)CS(=O)(=O)Nc1cccc(S(C)(=O)=O)c1. The Balaban J connectivity index is 2.95. The third-order valence-electron chi connectivity index (χ3n) is 2.30. The lowest BCUT2D eigenvalue weighted by Gasteiger charge is -2.11. The highest BCUT2D eigenvalue weighted by molar-refractivity contribution is 7.92. The van der Waals surface area contributed by atoms with E-state index in [-0.39, 0.29) is 28.1 Å². The molecule has 0 aliphatic heterocycles. The van der Waals surface area contributed by atoms with E-state index < -0.39 is 19.9 Å². The smallest absolute Gasteiger partial charge is 0.233 e. The fourth-order valence-electron chi connectivity index (χ4n) is 1.43. The lowest BCUT2D eigenvalue weighted by Crippen LogP contribution is -2.22. The first-order valence-corrected chi connectivity index (χ1v) is 9.58. The van der Waals surface area contributed by atoms with E-state index in [1.54, 1.807) is 6.92 Å². The second-order valence-corrected chi connectivity index (χ2v) is 8.53. The molecule has 0 aliphatic carbocycles. The number of alkyl halides is 1. The molecule has 19 heavy (non-hydrogen) atoms. The number of rotatable bonds is 6. The fraction of sp³-hybridized carbons (Fsp3) is 0.455. The van der Waals surface area contributed by atoms with Crippen LogP contribution in [-0.4, -0.2) is 34.7 Å². The van der Waals surface area contributed by atoms with Crippen molar-refractivity contribution >= 4 is 37.1 Å². The number of nitrogens with one attached hydrogen (secondary N) is 1. The van der Waals surface area contributed by atoms with E-state index in [2.05, 4.69) is 4.72 Å². The van der Waals surface area contributed by atoms with Gasteiger partial charge in [-0.15, -0.1) is 11.6 Å². The maximum atomic E-state index is 11.8. The summed E-state index contributed by atoms with van der Waals surface area (Å²) in [5, 5.41) is 0. The molecule has 8 heteroatoms. The second kappa shape index (κ2) is 6.11. The first-order chi connectivity index (χ1) is 8.64. The van der Waals surface area contributed by atoms with E-state index in [0.29, 0.717) is 0 Å². The normalized spacial score (nSPS) is 14.1. The minimum atomic E-state index is -3.54. The Morgan fingerprint density at radius 3 is 2.42 bits per heavy atom. The molecule has 0 bridgehead atoms. The van der Waals surface area contributed by atoms with E-state index in [0.717, 1.165) is 6.26 Å². The van der Waals surface area contributed by atoms with Crippen LogP contribution < -0.4 is 4.72 Å². The highest BCUT2D eigenvalue weighted by Crippen LogP contribution is 2.17. The van der Waals surface area contributed by atoms with Gasteiger partial charge in [0, 0.05) is 17.8 Å². The Kier molecular flexibility index (Phi) is 5.23. The van der Waals surface area contributed by atoms with Gasteiger partial charge in [0.25, 0.3) is 0 Å². The van der Waals surface area contributed by atoms with Crippen molar-refractivity contribution in [3.05, 3.63) is 24.3 Å². The van der Waals surface area contributed by atoms with Gasteiger partial charge in [-0.1, -0.05) is 13.0 Å². The summed E-state index contributed by atoms with van der Waals surface area (Å²) in [5.41, 5.74) is 0.227. The first kappa shape index (κ1) is 16.3. The molecule has 0 aliphatic rings. The van der Waals surface area contributed by atoms with E-state index in [1.165, 1.54) is 24.3 Å². The molecule has 5 nitrogen and oxygen atoms in total. The van der Waals surface area contributed by atoms with Crippen LogP contribution in [0, 0.1) is 5.92 Å². The van der Waals surface area contributed by atoms with Crippen molar-refractivity contribution in [3.8, 4) is 0 Å². The van der Waals surface area contributed by atoms with Crippen molar-refractivity contribution in [1.82, 2.24) is 0 Å². The predicted octanol–water partition coefficient (Wildman–Crippen LogP) is 1.71. The Hall–Kier alpha value is -0.790. The van der Waals surface area contributed by atoms with Crippen molar-refractivity contribution in [2.75, 3.05) is 22.6 Å². The molecule has 1 atom stereocenters. The molecule has 0 saturated carbocycles. The van der Waals surface area contributed by atoms with Crippen molar-refractivity contribution in [2.45, 2.75) is 11.8 Å². The van der Waals surface area contributed by atoms with Gasteiger partial charge in [0.05, 0.1) is 10.6 Å². The van der Waals surface area contributed by atoms with Crippen LogP contribution in [0.4, 0.5) is 5.69 Å². The maximum Gasteiger partial charge on any atom is 0.233 e. The van der Waals surface area contributed by atoms with Gasteiger partial charge in [0.2, 0.25) is 10.0 Å². The second-order valence-electron chi connectivity index (χ2n) is 4.44. The van der Waals surface area contributed by atoms with E-state index in [4.69, 9.17) is 11.6 Å². The summed E-state index contributed by atoms with van der Waals surface area (Å²) < 4.78 is 48.7. The largest absolute Gasteiger partial charge is 0.284 e. The highest BCUT2D eigenvalue weighted by atomic mass is 35.5. The maximum absolute atomic E-state index is 11.8. The third-order valence-corrected chi connectivity index (χ3v) is 5.49. The number of benzene rings is 1. The molecule has 1 aromatic carbocycles. The molecule has 1 rings (SSSR count). The predicted molar refractivity (Wildman–Crippen MR) is 76.8 cm³/mol. The number of sulfone groups is 1. The lowest BCUT2D eigenvalue weighted by atomic mass is 10.3. The molecule has 0 radical (unpaired) electrons. The molecule has 0 saturated heterocycles. The van der Waals surface area contributed by atoms with Gasteiger partial charge in [-0.25, -0.2) is 16.8 Å². The summed E-state index contributed by atoms with van der Waals surface area (Å²) in [6, 6.07) is 5.68. The Morgan fingerprint density at radius 1 is 1.26 bits per heavy atom. The van der Waals surface area contributed by atoms with Crippen LogP contribution in [0.25, 0.3) is 0 Å². The molecule has 0 amide bonds. The number of hydrogen-bond donors (Lipinski definition) is 1. The molecule has 0 spiro atoms. The summed E-state index contributed by atoms with van der Waals surface area (Å²) in [5.74, 6) is -0.0542. The lowest BCUT2D eigenvalue weighted by molar-refractivity contribution is 0.588. The summed E-state index contributed by atoms with van der Waals surface area (Å²) in [6.45, 7) is 1.72. The van der Waals surface area contributed by atoms with Crippen LogP contribution in [-0.2, 0) is 19.9 Å². The summed E-state index contributed by atoms with van der Waals surface area (Å²) >= 11 is 5.57. The average Bonchev–Trinajstić information content (AvgIpc) is 2.26. The molecule has 108 valence electrons. The highest BCUT2D eigenvalue weighted by Gasteiger charge is 2.16. The number of hydrogen-bond acceptors (Lipinski definition) is 4.